The van der Waals surface area contributed by atoms with Gasteiger partial charge in [0.25, 0.3) is 10.1 Å². The van der Waals surface area contributed by atoms with Crippen LogP contribution < -0.4 is 11.4 Å². The first kappa shape index (κ1) is 38.2. The maximum atomic E-state index is 14.8. The molecule has 0 spiro atoms. The number of hydrogen-bond donors (Lipinski definition) is 0. The number of aromatic nitrogens is 6. The van der Waals surface area contributed by atoms with E-state index in [0.717, 1.165) is 35.9 Å². The van der Waals surface area contributed by atoms with Gasteiger partial charge < -0.3 is 4.74 Å². The molecule has 4 heterocycles. The number of fused-ring (bicyclic) bond motifs is 2. The van der Waals surface area contributed by atoms with E-state index in [-0.39, 0.29) is 29.8 Å². The van der Waals surface area contributed by atoms with Gasteiger partial charge in [0.1, 0.15) is 24.0 Å². The first-order chi connectivity index (χ1) is 24.2. The molecule has 2 aromatic carbocycles. The predicted octanol–water partition coefficient (Wildman–Crippen LogP) is 3.38. The molecule has 0 N–H and O–H groups in total. The van der Waals surface area contributed by atoms with Gasteiger partial charge in [-0.15, -0.1) is 0 Å². The molecule has 2 bridgehead atoms. The monoisotopic (exact) mass is 731 g/mol. The van der Waals surface area contributed by atoms with Gasteiger partial charge >= 0.3 is 11.4 Å². The summed E-state index contributed by atoms with van der Waals surface area (Å²) in [5, 5.41) is 8.03. The number of rotatable bonds is 13. The minimum Gasteiger partial charge on any atom is -0.373 e. The highest BCUT2D eigenvalue weighted by Crippen LogP contribution is 2.37. The molecule has 51 heavy (non-hydrogen) atoms. The fourth-order valence-corrected chi connectivity index (χ4v) is 7.46. The zero-order valence-electron chi connectivity index (χ0n) is 29.7. The first-order valence-corrected chi connectivity index (χ1v) is 18.5. The van der Waals surface area contributed by atoms with E-state index in [1.165, 1.54) is 38.6 Å². The molecule has 4 aromatic rings. The van der Waals surface area contributed by atoms with E-state index in [4.69, 9.17) is 8.92 Å². The van der Waals surface area contributed by atoms with Crippen LogP contribution in [0.15, 0.2) is 69.1 Å². The Balaban J connectivity index is 0.000000202. The Labute approximate surface area is 296 Å². The molecule has 13 nitrogen and oxygen atoms in total. The van der Waals surface area contributed by atoms with Gasteiger partial charge in [0.2, 0.25) is 0 Å². The summed E-state index contributed by atoms with van der Waals surface area (Å²) >= 11 is 0. The molecule has 2 aliphatic rings. The molecular formula is C35H47F2N7O6S. The molecule has 278 valence electrons. The zero-order valence-corrected chi connectivity index (χ0v) is 30.5. The lowest BCUT2D eigenvalue weighted by Crippen LogP contribution is -2.48. The Morgan fingerprint density at radius 2 is 1.31 bits per heavy atom. The maximum Gasteiger partial charge on any atom is 0.345 e. The van der Waals surface area contributed by atoms with Crippen LogP contribution in [0, 0.1) is 20.8 Å². The van der Waals surface area contributed by atoms with Crippen molar-refractivity contribution in [2.45, 2.75) is 102 Å². The molecule has 0 radical (unpaired) electrons. The molecule has 6 rings (SSSR count). The van der Waals surface area contributed by atoms with Gasteiger partial charge in [-0.3, -0.25) is 18.2 Å². The van der Waals surface area contributed by atoms with Crippen LogP contribution in [0.3, 0.4) is 0 Å². The smallest absolute Gasteiger partial charge is 0.345 e. The molecule has 0 aliphatic carbocycles. The summed E-state index contributed by atoms with van der Waals surface area (Å²) in [6.45, 7) is 5.16. The summed E-state index contributed by atoms with van der Waals surface area (Å²) in [7, 11) is -0.848. The van der Waals surface area contributed by atoms with E-state index in [0.29, 0.717) is 36.9 Å². The number of alkyl halides is 2. The second kappa shape index (κ2) is 16.6. The number of aryl methyl sites for hydroxylation is 3. The maximum absolute atomic E-state index is 14.8. The van der Waals surface area contributed by atoms with E-state index >= 15 is 0 Å². The fraction of sp³-hybridized carbons (Fsp3) is 0.543. The third-order valence-electron chi connectivity index (χ3n) is 9.55. The van der Waals surface area contributed by atoms with Crippen LogP contribution in [0.5, 0.6) is 0 Å². The molecule has 0 saturated carbocycles. The van der Waals surface area contributed by atoms with Crippen molar-refractivity contribution in [3.8, 4) is 0 Å². The Kier molecular flexibility index (Phi) is 12.4. The molecule has 4 atom stereocenters. The molecular weight excluding hydrogens is 684 g/mol. The number of hydrogen-bond acceptors (Lipinski definition) is 9. The zero-order chi connectivity index (χ0) is 36.9. The minimum atomic E-state index is -4.03. The van der Waals surface area contributed by atoms with Crippen molar-refractivity contribution in [2.24, 2.45) is 14.1 Å². The summed E-state index contributed by atoms with van der Waals surface area (Å²) in [6, 6.07) is 17.0. The van der Waals surface area contributed by atoms with Crippen molar-refractivity contribution < 1.29 is 26.1 Å². The standard InChI is InChI=1S/C21H29FN4O2.C14H18FN3O4S/c1-15-23-26(21(27)24(15)2)13-17(22)12-25-18-8-9-19(25)11-20(10-18)28-14-16-6-4-3-5-7-16;1-10-4-6-13(7-5-10)23(20,21)22-9-12(15)8-18-14(19)17(3)11(2)16-18/h3-7,17-20H,8-14H2,1-2H3;4-7,12H,8-9H2,1-3H3/t17-,18?,19?,20?;12-/m10/s1. The number of halogens is 2. The number of nitrogens with zero attached hydrogens (tertiary/aromatic N) is 7. The summed E-state index contributed by atoms with van der Waals surface area (Å²) in [4.78, 5) is 26.0. The third-order valence-corrected chi connectivity index (χ3v) is 10.8. The Morgan fingerprint density at radius 1 is 0.784 bits per heavy atom. The molecule has 2 aliphatic heterocycles. The van der Waals surface area contributed by atoms with Crippen LogP contribution >= 0.6 is 0 Å². The van der Waals surface area contributed by atoms with Crippen LogP contribution in [0.4, 0.5) is 8.78 Å². The SMILES string of the molecule is Cc1ccc(S(=O)(=O)OC[C@@H](F)Cn2nc(C)n(C)c2=O)cc1.Cc1nn(C[C@H](F)CN2C3CCC2CC(OCc2ccccc2)C3)c(=O)n1C. The highest BCUT2D eigenvalue weighted by atomic mass is 32.2. The topological polar surface area (TPSA) is 135 Å². The van der Waals surface area contributed by atoms with Crippen LogP contribution in [0.1, 0.15) is 48.5 Å². The number of ether oxygens (including phenoxy) is 1. The number of benzene rings is 2. The lowest BCUT2D eigenvalue weighted by Gasteiger charge is -2.39. The summed E-state index contributed by atoms with van der Waals surface area (Å²) in [5.41, 5.74) is 1.37. The average molecular weight is 732 g/mol. The van der Waals surface area contributed by atoms with Crippen molar-refractivity contribution in [3.63, 3.8) is 0 Å². The molecule has 0 amide bonds. The van der Waals surface area contributed by atoms with Crippen molar-refractivity contribution in [2.75, 3.05) is 13.2 Å². The van der Waals surface area contributed by atoms with E-state index in [2.05, 4.69) is 27.2 Å². The lowest BCUT2D eigenvalue weighted by atomic mass is 9.99. The van der Waals surface area contributed by atoms with Crippen LogP contribution in [0.2, 0.25) is 0 Å². The van der Waals surface area contributed by atoms with Crippen molar-refractivity contribution in [3.05, 3.63) is 98.3 Å². The van der Waals surface area contributed by atoms with Crippen LogP contribution in [-0.2, 0) is 52.8 Å². The van der Waals surface area contributed by atoms with Gasteiger partial charge in [0.15, 0.2) is 0 Å². The Hall–Kier alpha value is -3.99. The van der Waals surface area contributed by atoms with Crippen LogP contribution in [0.25, 0.3) is 0 Å². The van der Waals surface area contributed by atoms with Crippen molar-refractivity contribution >= 4 is 10.1 Å². The highest BCUT2D eigenvalue weighted by Gasteiger charge is 2.42. The summed E-state index contributed by atoms with van der Waals surface area (Å²) in [5.74, 6) is 1.05. The second-order valence-corrected chi connectivity index (χ2v) is 15.0. The van der Waals surface area contributed by atoms with E-state index in [1.807, 2.05) is 25.1 Å². The minimum absolute atomic E-state index is 0.0182. The van der Waals surface area contributed by atoms with Gasteiger partial charge in [0, 0.05) is 32.7 Å². The first-order valence-electron chi connectivity index (χ1n) is 17.1. The van der Waals surface area contributed by atoms with E-state index in [9.17, 15) is 26.8 Å². The van der Waals surface area contributed by atoms with Crippen molar-refractivity contribution in [1.82, 2.24) is 33.6 Å². The van der Waals surface area contributed by atoms with Crippen LogP contribution in [-0.4, -0.2) is 85.7 Å². The average Bonchev–Trinajstić information content (AvgIpc) is 3.58. The van der Waals surface area contributed by atoms with Gasteiger partial charge in [-0.1, -0.05) is 48.0 Å². The predicted molar refractivity (Wildman–Crippen MR) is 186 cm³/mol. The quantitative estimate of drug-likeness (QED) is 0.190. The Morgan fingerprint density at radius 3 is 1.82 bits per heavy atom. The highest BCUT2D eigenvalue weighted by molar-refractivity contribution is 7.86. The van der Waals surface area contributed by atoms with Gasteiger partial charge in [-0.25, -0.2) is 27.7 Å². The Bertz CT molecular complexity index is 1960. The van der Waals surface area contributed by atoms with Gasteiger partial charge in [0.05, 0.1) is 37.3 Å². The number of piperidine rings is 1. The molecule has 2 fully saturated rings. The molecule has 2 saturated heterocycles. The normalized spacial score (nSPS) is 20.2. The third kappa shape index (κ3) is 9.67. The fourth-order valence-electron chi connectivity index (χ4n) is 6.53. The second-order valence-electron chi connectivity index (χ2n) is 13.4. The van der Waals surface area contributed by atoms with Crippen molar-refractivity contribution in [1.29, 1.82) is 0 Å². The lowest BCUT2D eigenvalue weighted by molar-refractivity contribution is -0.0342. The van der Waals surface area contributed by atoms with E-state index in [1.54, 1.807) is 33.0 Å². The van der Waals surface area contributed by atoms with Gasteiger partial charge in [-0.05, 0) is 64.2 Å². The molecule has 2 unspecified atom stereocenters. The summed E-state index contributed by atoms with van der Waals surface area (Å²) in [6.07, 6.45) is 1.58. The largest absolute Gasteiger partial charge is 0.373 e. The molecule has 2 aromatic heterocycles. The molecule has 16 heteroatoms. The van der Waals surface area contributed by atoms with Gasteiger partial charge in [-0.2, -0.15) is 18.6 Å². The summed E-state index contributed by atoms with van der Waals surface area (Å²) < 4.78 is 68.4. The van der Waals surface area contributed by atoms with E-state index < -0.39 is 34.8 Å².